The zero-order chi connectivity index (χ0) is 14.7. The fourth-order valence-corrected chi connectivity index (χ4v) is 7.60. The summed E-state index contributed by atoms with van der Waals surface area (Å²) in [6.45, 7) is 0. The van der Waals surface area contributed by atoms with Gasteiger partial charge in [0, 0.05) is 0 Å². The van der Waals surface area contributed by atoms with Crippen molar-refractivity contribution in [3.8, 4) is 0 Å². The fraction of sp³-hybridized carbons (Fsp3) is 0.692. The van der Waals surface area contributed by atoms with Crippen LogP contribution in [-0.2, 0) is 0 Å². The van der Waals surface area contributed by atoms with E-state index in [1.807, 2.05) is 0 Å². The summed E-state index contributed by atoms with van der Waals surface area (Å²) in [5.41, 5.74) is 0.524. The quantitative estimate of drug-likeness (QED) is 0.699. The van der Waals surface area contributed by atoms with Gasteiger partial charge in [0.2, 0.25) is 0 Å². The molecule has 0 aromatic carbocycles. The van der Waals surface area contributed by atoms with Crippen molar-refractivity contribution in [3.05, 3.63) is 23.5 Å². The first-order valence-corrected chi connectivity index (χ1v) is 9.00. The van der Waals surface area contributed by atoms with Crippen LogP contribution in [0.1, 0.15) is 0 Å². The van der Waals surface area contributed by atoms with Gasteiger partial charge in [0.25, 0.3) is 0 Å². The highest BCUT2D eigenvalue weighted by Gasteiger charge is 2.34. The van der Waals surface area contributed by atoms with E-state index in [0.717, 1.165) is 0 Å². The summed E-state index contributed by atoms with van der Waals surface area (Å²) >= 11 is 0. The van der Waals surface area contributed by atoms with Crippen molar-refractivity contribution < 1.29 is 0 Å². The molecule has 1 aliphatic carbocycles. The van der Waals surface area contributed by atoms with Crippen molar-refractivity contribution in [2.24, 2.45) is 0 Å². The highest BCUT2D eigenvalue weighted by Crippen LogP contribution is 2.60. The number of rotatable bonds is 6. The van der Waals surface area contributed by atoms with Gasteiger partial charge in [-0.1, -0.05) is 18.2 Å². The summed E-state index contributed by atoms with van der Waals surface area (Å²) in [5.74, 6) is 0. The molecule has 0 saturated heterocycles. The van der Waals surface area contributed by atoms with Gasteiger partial charge in [-0.3, -0.25) is 18.7 Å². The first kappa shape index (κ1) is 17.2. The number of allylic oxidation sites excluding steroid dienone is 4. The third-order valence-electron chi connectivity index (χ3n) is 2.92. The first-order chi connectivity index (χ1) is 8.77. The lowest BCUT2D eigenvalue weighted by Gasteiger charge is -2.40. The van der Waals surface area contributed by atoms with Crippen molar-refractivity contribution in [2.75, 3.05) is 56.4 Å². The second-order valence-corrected chi connectivity index (χ2v) is 10.9. The minimum Gasteiger partial charge on any atom is -0.275 e. The summed E-state index contributed by atoms with van der Waals surface area (Å²) in [7, 11) is 16.7. The van der Waals surface area contributed by atoms with Crippen LogP contribution >= 0.6 is 16.4 Å². The molecule has 0 aliphatic heterocycles. The topological polar surface area (TPSA) is 13.0 Å². The Kier molecular flexibility index (Phi) is 6.59. The van der Waals surface area contributed by atoms with Crippen LogP contribution in [0, 0.1) is 0 Å². The van der Waals surface area contributed by atoms with Crippen molar-refractivity contribution in [1.82, 2.24) is 18.7 Å². The maximum Gasteiger partial charge on any atom is 0.0682 e. The Labute approximate surface area is 121 Å². The molecule has 0 aromatic rings. The van der Waals surface area contributed by atoms with Crippen LogP contribution in [0.15, 0.2) is 23.5 Å². The van der Waals surface area contributed by atoms with E-state index in [4.69, 9.17) is 0 Å². The van der Waals surface area contributed by atoms with Crippen LogP contribution in [0.5, 0.6) is 0 Å². The second-order valence-electron chi connectivity index (χ2n) is 5.42. The van der Waals surface area contributed by atoms with Crippen LogP contribution in [0.25, 0.3) is 0 Å². The van der Waals surface area contributed by atoms with Crippen LogP contribution in [0.4, 0.5) is 0 Å². The third kappa shape index (κ3) is 4.07. The summed E-state index contributed by atoms with van der Waals surface area (Å²) < 4.78 is 9.42. The molecule has 6 heteroatoms. The molecule has 1 atom stereocenters. The monoisotopic (exact) mass is 302 g/mol. The lowest BCUT2D eigenvalue weighted by atomic mass is 10.5. The van der Waals surface area contributed by atoms with E-state index in [1.165, 1.54) is 0 Å². The molecular weight excluding hydrogens is 274 g/mol. The number of hydrogen-bond donors (Lipinski definition) is 0. The Balaban J connectivity index is 3.02. The lowest BCUT2D eigenvalue weighted by molar-refractivity contribution is 0.564. The summed E-state index contributed by atoms with van der Waals surface area (Å²) in [6.07, 6.45) is 6.91. The number of hydrogen-bond acceptors (Lipinski definition) is 4. The van der Waals surface area contributed by atoms with Crippen LogP contribution in [0.3, 0.4) is 0 Å². The maximum absolute atomic E-state index is 2.36. The SMILES string of the molecule is CN(C)P(C1=CC=CC1P(N(C)C)N(C)C)N(C)C. The fourth-order valence-electron chi connectivity index (χ4n) is 2.51. The van der Waals surface area contributed by atoms with E-state index in [0.29, 0.717) is 5.66 Å². The van der Waals surface area contributed by atoms with E-state index in [2.05, 4.69) is 93.3 Å². The summed E-state index contributed by atoms with van der Waals surface area (Å²) in [5, 5.41) is 1.55. The van der Waals surface area contributed by atoms with Gasteiger partial charge in [0.15, 0.2) is 0 Å². The molecule has 1 unspecified atom stereocenters. The minimum absolute atomic E-state index is 0.327. The van der Waals surface area contributed by atoms with E-state index >= 15 is 0 Å². The minimum atomic E-state index is -0.373. The standard InChI is InChI=1S/C13H28N4P2/c1-14(2)18(15(3)4)12-10-9-11-13(12)19(16(5)6)17(7)8/h9-12H,1-8H3. The Morgan fingerprint density at radius 1 is 0.789 bits per heavy atom. The molecule has 4 nitrogen and oxygen atoms in total. The molecule has 1 rings (SSSR count). The van der Waals surface area contributed by atoms with Gasteiger partial charge in [0.05, 0.1) is 22.1 Å². The molecule has 0 fully saturated rings. The Morgan fingerprint density at radius 2 is 1.26 bits per heavy atom. The van der Waals surface area contributed by atoms with Crippen LogP contribution in [0.2, 0.25) is 0 Å². The zero-order valence-electron chi connectivity index (χ0n) is 13.5. The van der Waals surface area contributed by atoms with Crippen molar-refractivity contribution in [3.63, 3.8) is 0 Å². The zero-order valence-corrected chi connectivity index (χ0v) is 15.3. The van der Waals surface area contributed by atoms with Crippen molar-refractivity contribution in [2.45, 2.75) is 5.66 Å². The molecule has 0 spiro atoms. The Hall–Kier alpha value is 0.180. The molecule has 110 valence electrons. The molecule has 0 amide bonds. The predicted molar refractivity (Wildman–Crippen MR) is 89.6 cm³/mol. The first-order valence-electron chi connectivity index (χ1n) is 6.44. The van der Waals surface area contributed by atoms with Gasteiger partial charge >= 0.3 is 0 Å². The van der Waals surface area contributed by atoms with Gasteiger partial charge in [-0.15, -0.1) is 0 Å². The molecule has 0 N–H and O–H groups in total. The highest BCUT2D eigenvalue weighted by molar-refractivity contribution is 7.61. The predicted octanol–water partition coefficient (Wildman–Crippen LogP) is 2.68. The second kappa shape index (κ2) is 7.26. The summed E-state index contributed by atoms with van der Waals surface area (Å²) in [4.78, 5) is 0. The Morgan fingerprint density at radius 3 is 1.63 bits per heavy atom. The van der Waals surface area contributed by atoms with E-state index in [9.17, 15) is 0 Å². The van der Waals surface area contributed by atoms with E-state index < -0.39 is 0 Å². The van der Waals surface area contributed by atoms with E-state index in [-0.39, 0.29) is 16.4 Å². The van der Waals surface area contributed by atoms with Gasteiger partial charge in [0.1, 0.15) is 0 Å². The normalized spacial score (nSPS) is 19.9. The largest absolute Gasteiger partial charge is 0.275 e. The third-order valence-corrected chi connectivity index (χ3v) is 8.12. The molecule has 19 heavy (non-hydrogen) atoms. The van der Waals surface area contributed by atoms with Gasteiger partial charge < -0.3 is 0 Å². The van der Waals surface area contributed by atoms with Gasteiger partial charge in [-0.05, 0) is 61.7 Å². The van der Waals surface area contributed by atoms with Gasteiger partial charge in [-0.2, -0.15) is 0 Å². The Bertz CT molecular complexity index is 335. The molecule has 0 aromatic heterocycles. The molecule has 0 radical (unpaired) electrons. The summed E-state index contributed by atoms with van der Waals surface area (Å²) in [6, 6.07) is 0. The highest BCUT2D eigenvalue weighted by atomic mass is 31.1. The average Bonchev–Trinajstić information content (AvgIpc) is 2.64. The van der Waals surface area contributed by atoms with E-state index in [1.54, 1.807) is 5.31 Å². The molecule has 0 bridgehead atoms. The lowest BCUT2D eigenvalue weighted by Crippen LogP contribution is -2.27. The van der Waals surface area contributed by atoms with Gasteiger partial charge in [-0.25, -0.2) is 0 Å². The van der Waals surface area contributed by atoms with Crippen molar-refractivity contribution in [1.29, 1.82) is 0 Å². The number of nitrogens with zero attached hydrogens (tertiary/aromatic N) is 4. The average molecular weight is 302 g/mol. The molecule has 1 aliphatic rings. The van der Waals surface area contributed by atoms with Crippen LogP contribution in [-0.4, -0.2) is 80.7 Å². The molecule has 0 saturated carbocycles. The van der Waals surface area contributed by atoms with Crippen LogP contribution < -0.4 is 0 Å². The van der Waals surface area contributed by atoms with Crippen molar-refractivity contribution >= 4 is 16.4 Å². The molecule has 0 heterocycles. The smallest absolute Gasteiger partial charge is 0.0682 e. The molecular formula is C13H28N4P2. The maximum atomic E-state index is 2.36.